The lowest BCUT2D eigenvalue weighted by molar-refractivity contribution is 0.561. The molecule has 2 rings (SSSR count). The van der Waals surface area contributed by atoms with Crippen molar-refractivity contribution in [2.45, 2.75) is 31.2 Å². The summed E-state index contributed by atoms with van der Waals surface area (Å²) in [6, 6.07) is 11.9. The molecule has 0 bridgehead atoms. The van der Waals surface area contributed by atoms with Crippen LogP contribution in [0.1, 0.15) is 24.5 Å². The molecule has 5 nitrogen and oxygen atoms in total. The van der Waals surface area contributed by atoms with E-state index < -0.39 is 24.0 Å². The van der Waals surface area contributed by atoms with Crippen molar-refractivity contribution in [1.82, 2.24) is 4.72 Å². The van der Waals surface area contributed by atoms with Gasteiger partial charge in [0.1, 0.15) is 0 Å². The molecule has 26 heavy (non-hydrogen) atoms. The van der Waals surface area contributed by atoms with Gasteiger partial charge in [-0.15, -0.1) is 0 Å². The molecule has 0 radical (unpaired) electrons. The minimum absolute atomic E-state index is 0.158. The second-order valence-corrected chi connectivity index (χ2v) is 11.3. The molecule has 0 spiro atoms. The van der Waals surface area contributed by atoms with Crippen LogP contribution in [0.2, 0.25) is 5.02 Å². The van der Waals surface area contributed by atoms with Crippen LogP contribution in [-0.4, -0.2) is 22.9 Å². The van der Waals surface area contributed by atoms with Crippen molar-refractivity contribution < 1.29 is 16.8 Å². The molecular formula is C18H18ClNO4S2. The second-order valence-electron chi connectivity index (χ2n) is 5.75. The number of nitrogens with one attached hydrogen (secondary N) is 1. The van der Waals surface area contributed by atoms with Gasteiger partial charge in [-0.1, -0.05) is 41.1 Å². The van der Waals surface area contributed by atoms with Crippen LogP contribution >= 0.6 is 11.6 Å². The first-order valence-electron chi connectivity index (χ1n) is 7.70. The summed E-state index contributed by atoms with van der Waals surface area (Å²) in [6.45, 7) is 3.34. The standard InChI is InChI=1S/C18H18ClNO4S2/c1-14-6-12-18(13-7-14)25(21,22)26(23,24)20-15(2)4-3-5-16-8-10-17(19)11-9-16/h6-13,15,20H,4H2,1-2H3. The van der Waals surface area contributed by atoms with Crippen molar-refractivity contribution >= 4 is 29.5 Å². The Morgan fingerprint density at radius 2 is 1.58 bits per heavy atom. The minimum Gasteiger partial charge on any atom is -0.206 e. The summed E-state index contributed by atoms with van der Waals surface area (Å²) in [4.78, 5) is -0.268. The zero-order valence-corrected chi connectivity index (χ0v) is 16.6. The first-order chi connectivity index (χ1) is 12.1. The van der Waals surface area contributed by atoms with Crippen LogP contribution in [0.15, 0.2) is 53.4 Å². The molecule has 0 aromatic heterocycles. The van der Waals surface area contributed by atoms with Crippen LogP contribution in [-0.2, 0) is 17.9 Å². The number of halogens is 1. The molecule has 2 aromatic carbocycles. The molecule has 0 fully saturated rings. The van der Waals surface area contributed by atoms with Crippen LogP contribution in [0.5, 0.6) is 0 Å². The Kier molecular flexibility index (Phi) is 6.48. The molecule has 138 valence electrons. The fourth-order valence-electron chi connectivity index (χ4n) is 2.02. The van der Waals surface area contributed by atoms with Crippen LogP contribution in [0.3, 0.4) is 0 Å². The Bertz CT molecular complexity index is 1030. The van der Waals surface area contributed by atoms with Crippen molar-refractivity contribution in [3.63, 3.8) is 0 Å². The molecule has 0 amide bonds. The van der Waals surface area contributed by atoms with E-state index in [2.05, 4.69) is 16.6 Å². The van der Waals surface area contributed by atoms with Crippen molar-refractivity contribution in [2.75, 3.05) is 0 Å². The van der Waals surface area contributed by atoms with Gasteiger partial charge < -0.3 is 0 Å². The average molecular weight is 412 g/mol. The average Bonchev–Trinajstić information content (AvgIpc) is 2.56. The smallest absolute Gasteiger partial charge is 0.206 e. The quantitative estimate of drug-likeness (QED) is 0.605. The lowest BCUT2D eigenvalue weighted by Crippen LogP contribution is -2.37. The molecule has 0 heterocycles. The fourth-order valence-corrected chi connectivity index (χ4v) is 5.54. The number of hydrogen-bond acceptors (Lipinski definition) is 4. The van der Waals surface area contributed by atoms with E-state index in [1.807, 2.05) is 0 Å². The van der Waals surface area contributed by atoms with Gasteiger partial charge in [-0.2, -0.15) is 13.1 Å². The summed E-state index contributed by atoms with van der Waals surface area (Å²) in [5, 5.41) is 0.595. The lowest BCUT2D eigenvalue weighted by atomic mass is 10.2. The minimum atomic E-state index is -4.59. The summed E-state index contributed by atoms with van der Waals surface area (Å²) in [5.41, 5.74) is 1.57. The van der Waals surface area contributed by atoms with Crippen molar-refractivity contribution in [2.24, 2.45) is 0 Å². The molecule has 8 heteroatoms. The lowest BCUT2D eigenvalue weighted by Gasteiger charge is -2.12. The number of hydrogen-bond donors (Lipinski definition) is 1. The summed E-state index contributed by atoms with van der Waals surface area (Å²) in [6.07, 6.45) is 0.158. The van der Waals surface area contributed by atoms with E-state index >= 15 is 0 Å². The normalized spacial score (nSPS) is 12.9. The molecule has 1 atom stereocenters. The molecule has 0 saturated carbocycles. The maximum absolute atomic E-state index is 12.3. The second kappa shape index (κ2) is 8.23. The van der Waals surface area contributed by atoms with Crippen LogP contribution < -0.4 is 4.72 Å². The summed E-state index contributed by atoms with van der Waals surface area (Å²) >= 11 is 5.79. The van der Waals surface area contributed by atoms with Gasteiger partial charge in [-0.25, -0.2) is 8.42 Å². The number of benzene rings is 2. The Morgan fingerprint density at radius 1 is 1.00 bits per heavy atom. The first-order valence-corrected chi connectivity index (χ1v) is 11.6. The Hall–Kier alpha value is -1.85. The van der Waals surface area contributed by atoms with E-state index in [1.165, 1.54) is 12.1 Å². The highest BCUT2D eigenvalue weighted by Crippen LogP contribution is 2.17. The third-order valence-electron chi connectivity index (χ3n) is 3.43. The van der Waals surface area contributed by atoms with Gasteiger partial charge in [0.2, 0.25) is 0 Å². The predicted octanol–water partition coefficient (Wildman–Crippen LogP) is 3.09. The highest BCUT2D eigenvalue weighted by atomic mass is 35.5. The topological polar surface area (TPSA) is 80.3 Å². The van der Waals surface area contributed by atoms with Gasteiger partial charge in [0, 0.05) is 23.0 Å². The number of rotatable bonds is 5. The summed E-state index contributed by atoms with van der Waals surface area (Å²) in [7, 11) is -9.12. The Labute approximate surface area is 158 Å². The van der Waals surface area contributed by atoms with Crippen LogP contribution in [0, 0.1) is 18.8 Å². The molecule has 0 aliphatic carbocycles. The molecule has 0 saturated heterocycles. The van der Waals surface area contributed by atoms with Gasteiger partial charge >= 0.3 is 9.06 Å². The number of aryl methyl sites for hydroxylation is 1. The van der Waals surface area contributed by atoms with Crippen molar-refractivity contribution in [3.8, 4) is 11.8 Å². The van der Waals surface area contributed by atoms with Gasteiger partial charge in [0.15, 0.2) is 0 Å². The molecular weight excluding hydrogens is 394 g/mol. The SMILES string of the molecule is Cc1ccc(S(=O)(=O)S(=O)(=O)NC(C)CC#Cc2ccc(Cl)cc2)cc1. The highest BCUT2D eigenvalue weighted by Gasteiger charge is 2.32. The molecule has 2 aromatic rings. The van der Waals surface area contributed by atoms with E-state index in [0.717, 1.165) is 11.1 Å². The maximum atomic E-state index is 12.3. The third-order valence-corrected chi connectivity index (χ3v) is 8.40. The van der Waals surface area contributed by atoms with Gasteiger partial charge in [-0.05, 0) is 50.2 Å². The molecule has 1 unspecified atom stereocenters. The van der Waals surface area contributed by atoms with E-state index in [9.17, 15) is 16.8 Å². The zero-order chi connectivity index (χ0) is 19.4. The Balaban J connectivity index is 2.08. The van der Waals surface area contributed by atoms with Crippen LogP contribution in [0.25, 0.3) is 0 Å². The Morgan fingerprint density at radius 3 is 2.15 bits per heavy atom. The van der Waals surface area contributed by atoms with E-state index in [1.54, 1.807) is 50.2 Å². The summed E-state index contributed by atoms with van der Waals surface area (Å²) < 4.78 is 51.3. The maximum Gasteiger partial charge on any atom is 0.322 e. The van der Waals surface area contributed by atoms with Gasteiger partial charge in [0.25, 0.3) is 8.87 Å². The van der Waals surface area contributed by atoms with Crippen molar-refractivity contribution in [1.29, 1.82) is 0 Å². The zero-order valence-electron chi connectivity index (χ0n) is 14.2. The third kappa shape index (κ3) is 5.08. The molecule has 0 aliphatic heterocycles. The van der Waals surface area contributed by atoms with E-state index in [4.69, 9.17) is 11.6 Å². The predicted molar refractivity (Wildman–Crippen MR) is 103 cm³/mol. The highest BCUT2D eigenvalue weighted by molar-refractivity contribution is 8.66. The van der Waals surface area contributed by atoms with Gasteiger partial charge in [0.05, 0.1) is 4.90 Å². The molecule has 0 aliphatic rings. The van der Waals surface area contributed by atoms with Crippen molar-refractivity contribution in [3.05, 3.63) is 64.7 Å². The van der Waals surface area contributed by atoms with Crippen LogP contribution in [0.4, 0.5) is 0 Å². The van der Waals surface area contributed by atoms with E-state index in [-0.39, 0.29) is 11.3 Å². The monoisotopic (exact) mass is 411 g/mol. The fraction of sp³-hybridized carbons (Fsp3) is 0.222. The molecule has 1 N–H and O–H groups in total. The largest absolute Gasteiger partial charge is 0.322 e. The van der Waals surface area contributed by atoms with Gasteiger partial charge in [-0.3, -0.25) is 0 Å². The summed E-state index contributed by atoms with van der Waals surface area (Å²) in [5.74, 6) is 5.70. The first kappa shape index (κ1) is 20.5. The van der Waals surface area contributed by atoms with E-state index in [0.29, 0.717) is 5.02 Å².